The number of esters is 1. The number of carbonyl (C=O) groups excluding carboxylic acids is 2. The van der Waals surface area contributed by atoms with Crippen LogP contribution in [-0.4, -0.2) is 33.2 Å². The van der Waals surface area contributed by atoms with E-state index in [9.17, 15) is 18.4 Å². The van der Waals surface area contributed by atoms with Gasteiger partial charge in [0.15, 0.2) is 11.6 Å². The van der Waals surface area contributed by atoms with Gasteiger partial charge in [0.05, 0.1) is 29.4 Å². The first kappa shape index (κ1) is 24.6. The maximum atomic E-state index is 14.1. The number of fused-ring (bicyclic) bond motifs is 1. The average molecular weight is 509 g/mol. The predicted molar refractivity (Wildman–Crippen MR) is 132 cm³/mol. The molecule has 1 amide bonds. The molecule has 1 atom stereocenters. The van der Waals surface area contributed by atoms with Crippen LogP contribution in [0.5, 0.6) is 0 Å². The Labute approximate surface area is 211 Å². The molecule has 3 heterocycles. The van der Waals surface area contributed by atoms with Gasteiger partial charge in [-0.1, -0.05) is 11.2 Å². The molecule has 0 aliphatic carbocycles. The molecule has 1 aliphatic heterocycles. The standard InChI is InChI=1S/C27H26F2N4O4/c1-15-26(16(2)37-31-15)18-5-8-23-22(13-18)30-27(32(23)11-4-12-36-17(3)34)24-9-10-25(35)33(24)19-6-7-20(28)21(29)14-19/h5-8,13-14,24H,4,9-12H2,1-3H3. The normalized spacial score (nSPS) is 15.6. The lowest BCUT2D eigenvalue weighted by Gasteiger charge is -2.25. The molecule has 0 saturated carbocycles. The van der Waals surface area contributed by atoms with Crippen LogP contribution < -0.4 is 4.90 Å². The number of imidazole rings is 1. The number of amides is 1. The summed E-state index contributed by atoms with van der Waals surface area (Å²) in [7, 11) is 0. The SMILES string of the molecule is CC(=O)OCCCn1c(C2CCC(=O)N2c2ccc(F)c(F)c2)nc2cc(-c3c(C)noc3C)ccc21. The van der Waals surface area contributed by atoms with Gasteiger partial charge in [0, 0.05) is 37.2 Å². The predicted octanol–water partition coefficient (Wildman–Crippen LogP) is 5.41. The highest BCUT2D eigenvalue weighted by molar-refractivity contribution is 5.96. The van der Waals surface area contributed by atoms with E-state index in [0.29, 0.717) is 36.5 Å². The van der Waals surface area contributed by atoms with Crippen molar-refractivity contribution in [3.8, 4) is 11.1 Å². The number of aromatic nitrogens is 3. The zero-order valence-corrected chi connectivity index (χ0v) is 20.8. The third kappa shape index (κ3) is 4.59. The molecule has 10 heteroatoms. The number of carbonyl (C=O) groups is 2. The lowest BCUT2D eigenvalue weighted by Crippen LogP contribution is -2.29. The Morgan fingerprint density at radius 2 is 1.97 bits per heavy atom. The van der Waals surface area contributed by atoms with E-state index in [1.807, 2.05) is 36.6 Å². The quantitative estimate of drug-likeness (QED) is 0.245. The number of hydrogen-bond donors (Lipinski definition) is 0. The van der Waals surface area contributed by atoms with Gasteiger partial charge in [0.1, 0.15) is 11.6 Å². The molecule has 0 radical (unpaired) electrons. The van der Waals surface area contributed by atoms with Crippen LogP contribution in [0.2, 0.25) is 0 Å². The fourth-order valence-corrected chi connectivity index (χ4v) is 5.01. The molecular weight excluding hydrogens is 482 g/mol. The van der Waals surface area contributed by atoms with E-state index in [0.717, 1.165) is 34.5 Å². The molecule has 2 aromatic carbocycles. The highest BCUT2D eigenvalue weighted by Crippen LogP contribution is 2.39. The molecule has 5 rings (SSSR count). The van der Waals surface area contributed by atoms with Crippen molar-refractivity contribution < 1.29 is 27.6 Å². The van der Waals surface area contributed by atoms with Crippen molar-refractivity contribution in [2.75, 3.05) is 11.5 Å². The van der Waals surface area contributed by atoms with Gasteiger partial charge in [0.2, 0.25) is 5.91 Å². The lowest BCUT2D eigenvalue weighted by molar-refractivity contribution is -0.141. The lowest BCUT2D eigenvalue weighted by atomic mass is 10.0. The largest absolute Gasteiger partial charge is 0.466 e. The zero-order chi connectivity index (χ0) is 26.3. The Morgan fingerprint density at radius 3 is 2.68 bits per heavy atom. The number of benzene rings is 2. The zero-order valence-electron chi connectivity index (χ0n) is 20.8. The molecule has 4 aromatic rings. The first-order chi connectivity index (χ1) is 17.7. The van der Waals surface area contributed by atoms with Crippen LogP contribution in [0, 0.1) is 25.5 Å². The van der Waals surface area contributed by atoms with E-state index in [2.05, 4.69) is 5.16 Å². The molecule has 1 saturated heterocycles. The first-order valence-corrected chi connectivity index (χ1v) is 12.1. The maximum absolute atomic E-state index is 14.1. The third-order valence-corrected chi connectivity index (χ3v) is 6.62. The van der Waals surface area contributed by atoms with Crippen molar-refractivity contribution in [2.45, 2.75) is 52.6 Å². The minimum atomic E-state index is -1.02. The van der Waals surface area contributed by atoms with Crippen LogP contribution in [0.25, 0.3) is 22.2 Å². The summed E-state index contributed by atoms with van der Waals surface area (Å²) < 4.78 is 40.1. The van der Waals surface area contributed by atoms with Crippen LogP contribution in [-0.2, 0) is 20.9 Å². The molecule has 1 aliphatic rings. The molecule has 0 bridgehead atoms. The summed E-state index contributed by atoms with van der Waals surface area (Å²) in [6, 6.07) is 8.86. The second kappa shape index (κ2) is 9.76. The smallest absolute Gasteiger partial charge is 0.302 e. The Bertz CT molecular complexity index is 1490. The number of rotatable bonds is 7. The van der Waals surface area contributed by atoms with E-state index in [1.165, 1.54) is 17.9 Å². The number of nitrogens with zero attached hydrogens (tertiary/aromatic N) is 4. The minimum Gasteiger partial charge on any atom is -0.466 e. The monoisotopic (exact) mass is 508 g/mol. The van der Waals surface area contributed by atoms with E-state index in [4.69, 9.17) is 14.2 Å². The van der Waals surface area contributed by atoms with Gasteiger partial charge in [0.25, 0.3) is 0 Å². The Kier molecular flexibility index (Phi) is 6.49. The second-order valence-electron chi connectivity index (χ2n) is 9.13. The molecule has 37 heavy (non-hydrogen) atoms. The van der Waals surface area contributed by atoms with Gasteiger partial charge < -0.3 is 18.7 Å². The van der Waals surface area contributed by atoms with Gasteiger partial charge in [-0.25, -0.2) is 13.8 Å². The van der Waals surface area contributed by atoms with Crippen LogP contribution in [0.1, 0.15) is 49.5 Å². The summed E-state index contributed by atoms with van der Waals surface area (Å²) in [5.74, 6) is -1.21. The molecule has 1 fully saturated rings. The molecule has 0 spiro atoms. The van der Waals surface area contributed by atoms with Crippen molar-refractivity contribution in [1.82, 2.24) is 14.7 Å². The Hall–Kier alpha value is -4.08. The summed E-state index contributed by atoms with van der Waals surface area (Å²) in [6.45, 7) is 5.81. The van der Waals surface area contributed by atoms with Crippen LogP contribution in [0.4, 0.5) is 14.5 Å². The van der Waals surface area contributed by atoms with E-state index >= 15 is 0 Å². The van der Waals surface area contributed by atoms with Crippen molar-refractivity contribution in [3.63, 3.8) is 0 Å². The van der Waals surface area contributed by atoms with Gasteiger partial charge in [-0.2, -0.15) is 0 Å². The highest BCUT2D eigenvalue weighted by Gasteiger charge is 2.37. The molecule has 1 unspecified atom stereocenters. The van der Waals surface area contributed by atoms with Gasteiger partial charge in [-0.05, 0) is 56.5 Å². The number of hydrogen-bond acceptors (Lipinski definition) is 6. The molecule has 192 valence electrons. The van der Waals surface area contributed by atoms with Crippen molar-refractivity contribution in [2.24, 2.45) is 0 Å². The van der Waals surface area contributed by atoms with Crippen molar-refractivity contribution in [3.05, 3.63) is 65.3 Å². The summed E-state index contributed by atoms with van der Waals surface area (Å²) >= 11 is 0. The number of aryl methyl sites for hydroxylation is 3. The maximum Gasteiger partial charge on any atom is 0.302 e. The fraction of sp³-hybridized carbons (Fsp3) is 0.333. The molecule has 0 N–H and O–H groups in total. The third-order valence-electron chi connectivity index (χ3n) is 6.62. The topological polar surface area (TPSA) is 90.5 Å². The van der Waals surface area contributed by atoms with Crippen molar-refractivity contribution >= 4 is 28.6 Å². The number of ether oxygens (including phenoxy) is 1. The van der Waals surface area contributed by atoms with Crippen LogP contribution in [0.15, 0.2) is 40.9 Å². The first-order valence-electron chi connectivity index (χ1n) is 12.1. The van der Waals surface area contributed by atoms with E-state index < -0.39 is 17.7 Å². The number of halogens is 2. The van der Waals surface area contributed by atoms with Gasteiger partial charge in [-0.15, -0.1) is 0 Å². The van der Waals surface area contributed by atoms with Gasteiger partial charge in [-0.3, -0.25) is 9.59 Å². The van der Waals surface area contributed by atoms with Crippen LogP contribution in [0.3, 0.4) is 0 Å². The average Bonchev–Trinajstić information content (AvgIpc) is 3.52. The Morgan fingerprint density at radius 1 is 1.16 bits per heavy atom. The van der Waals surface area contributed by atoms with E-state index in [1.54, 1.807) is 0 Å². The minimum absolute atomic E-state index is 0.189. The summed E-state index contributed by atoms with van der Waals surface area (Å²) in [5, 5.41) is 4.04. The van der Waals surface area contributed by atoms with Crippen molar-refractivity contribution in [1.29, 1.82) is 0 Å². The summed E-state index contributed by atoms with van der Waals surface area (Å²) in [6.07, 6.45) is 1.27. The molecule has 8 nitrogen and oxygen atoms in total. The highest BCUT2D eigenvalue weighted by atomic mass is 19.2. The fourth-order valence-electron chi connectivity index (χ4n) is 5.01. The second-order valence-corrected chi connectivity index (χ2v) is 9.13. The molecular formula is C27H26F2N4O4. The number of anilines is 1. The summed E-state index contributed by atoms with van der Waals surface area (Å²) in [4.78, 5) is 30.5. The molecule has 2 aromatic heterocycles. The van der Waals surface area contributed by atoms with Crippen LogP contribution >= 0.6 is 0 Å². The summed E-state index contributed by atoms with van der Waals surface area (Å²) in [5.41, 5.74) is 4.40. The van der Waals surface area contributed by atoms with E-state index in [-0.39, 0.29) is 30.6 Å². The Balaban J connectivity index is 1.59. The van der Waals surface area contributed by atoms with Gasteiger partial charge >= 0.3 is 5.97 Å².